The number of halogens is 1. The van der Waals surface area contributed by atoms with Crippen LogP contribution in [0.25, 0.3) is 0 Å². The quantitative estimate of drug-likeness (QED) is 0.807. The SMILES string of the molecule is O=C(Cl)Cc1ccc(S(=O)(=O)N2CCc3ccccc32)cc1. The van der Waals surface area contributed by atoms with Gasteiger partial charge in [0.15, 0.2) is 0 Å². The van der Waals surface area contributed by atoms with E-state index >= 15 is 0 Å². The highest BCUT2D eigenvalue weighted by Crippen LogP contribution is 2.32. The maximum absolute atomic E-state index is 12.8. The van der Waals surface area contributed by atoms with E-state index in [0.29, 0.717) is 18.5 Å². The molecule has 0 fully saturated rings. The Morgan fingerprint density at radius 3 is 2.45 bits per heavy atom. The molecule has 114 valence electrons. The first-order valence-corrected chi connectivity index (χ1v) is 8.68. The smallest absolute Gasteiger partial charge is 0.264 e. The van der Waals surface area contributed by atoms with Gasteiger partial charge in [-0.3, -0.25) is 9.10 Å². The lowest BCUT2D eigenvalue weighted by Crippen LogP contribution is -2.29. The highest BCUT2D eigenvalue weighted by Gasteiger charge is 2.30. The van der Waals surface area contributed by atoms with Gasteiger partial charge in [-0.2, -0.15) is 0 Å². The number of hydrogen-bond donors (Lipinski definition) is 0. The van der Waals surface area contributed by atoms with Gasteiger partial charge >= 0.3 is 0 Å². The molecule has 0 aliphatic carbocycles. The summed E-state index contributed by atoms with van der Waals surface area (Å²) in [5, 5.41) is -0.468. The van der Waals surface area contributed by atoms with Crippen molar-refractivity contribution in [3.63, 3.8) is 0 Å². The zero-order valence-corrected chi connectivity index (χ0v) is 13.3. The van der Waals surface area contributed by atoms with Crippen LogP contribution in [0.15, 0.2) is 53.4 Å². The molecule has 1 heterocycles. The summed E-state index contributed by atoms with van der Waals surface area (Å²) in [5.41, 5.74) is 2.47. The molecule has 4 nitrogen and oxygen atoms in total. The summed E-state index contributed by atoms with van der Waals surface area (Å²) in [6, 6.07) is 13.8. The van der Waals surface area contributed by atoms with Crippen molar-refractivity contribution in [2.45, 2.75) is 17.7 Å². The van der Waals surface area contributed by atoms with Gasteiger partial charge in [0, 0.05) is 13.0 Å². The summed E-state index contributed by atoms with van der Waals surface area (Å²) >= 11 is 5.34. The Balaban J connectivity index is 1.92. The van der Waals surface area contributed by atoms with Gasteiger partial charge in [0.25, 0.3) is 10.0 Å². The number of carbonyl (C=O) groups excluding carboxylic acids is 1. The molecule has 0 aromatic heterocycles. The van der Waals surface area contributed by atoms with Gasteiger partial charge in [-0.15, -0.1) is 0 Å². The van der Waals surface area contributed by atoms with E-state index in [-0.39, 0.29) is 11.3 Å². The molecule has 0 saturated heterocycles. The number of sulfonamides is 1. The van der Waals surface area contributed by atoms with Crippen LogP contribution in [-0.4, -0.2) is 20.2 Å². The lowest BCUT2D eigenvalue weighted by molar-refractivity contribution is -0.111. The minimum Gasteiger partial charge on any atom is -0.281 e. The second kappa shape index (κ2) is 5.74. The van der Waals surface area contributed by atoms with Crippen LogP contribution in [0.1, 0.15) is 11.1 Å². The Bertz CT molecular complexity index is 816. The van der Waals surface area contributed by atoms with E-state index in [9.17, 15) is 13.2 Å². The van der Waals surface area contributed by atoms with Crippen LogP contribution in [0.4, 0.5) is 5.69 Å². The number of carbonyl (C=O) groups is 1. The van der Waals surface area contributed by atoms with Crippen molar-refractivity contribution in [1.29, 1.82) is 0 Å². The van der Waals surface area contributed by atoms with Crippen molar-refractivity contribution >= 4 is 32.6 Å². The monoisotopic (exact) mass is 335 g/mol. The Morgan fingerprint density at radius 1 is 1.09 bits per heavy atom. The lowest BCUT2D eigenvalue weighted by Gasteiger charge is -2.19. The highest BCUT2D eigenvalue weighted by atomic mass is 35.5. The molecule has 0 atom stereocenters. The minimum absolute atomic E-state index is 0.0917. The van der Waals surface area contributed by atoms with E-state index in [2.05, 4.69) is 0 Å². The van der Waals surface area contributed by atoms with Crippen molar-refractivity contribution in [3.8, 4) is 0 Å². The van der Waals surface area contributed by atoms with Gasteiger partial charge in [0.2, 0.25) is 5.24 Å². The van der Waals surface area contributed by atoms with Crippen LogP contribution < -0.4 is 4.31 Å². The molecule has 0 N–H and O–H groups in total. The zero-order chi connectivity index (χ0) is 15.7. The number of para-hydroxylation sites is 1. The molecule has 0 radical (unpaired) electrons. The molecule has 0 bridgehead atoms. The van der Waals surface area contributed by atoms with E-state index in [1.807, 2.05) is 24.3 Å². The molecule has 2 aromatic rings. The third kappa shape index (κ3) is 2.74. The fourth-order valence-corrected chi connectivity index (χ4v) is 4.28. The summed E-state index contributed by atoms with van der Waals surface area (Å²) in [5.74, 6) is 0. The van der Waals surface area contributed by atoms with Gasteiger partial charge in [-0.25, -0.2) is 8.42 Å². The van der Waals surface area contributed by atoms with Crippen molar-refractivity contribution < 1.29 is 13.2 Å². The Morgan fingerprint density at radius 2 is 1.77 bits per heavy atom. The number of fused-ring (bicyclic) bond motifs is 1. The van der Waals surface area contributed by atoms with Gasteiger partial charge in [0.1, 0.15) is 0 Å². The van der Waals surface area contributed by atoms with E-state index in [4.69, 9.17) is 11.6 Å². The average molecular weight is 336 g/mol. The molecule has 22 heavy (non-hydrogen) atoms. The van der Waals surface area contributed by atoms with E-state index < -0.39 is 15.3 Å². The first-order chi connectivity index (χ1) is 10.5. The number of hydrogen-bond acceptors (Lipinski definition) is 3. The largest absolute Gasteiger partial charge is 0.281 e. The number of benzene rings is 2. The Kier molecular flexibility index (Phi) is 3.93. The topological polar surface area (TPSA) is 54.5 Å². The second-order valence-corrected chi connectivity index (χ2v) is 7.42. The maximum atomic E-state index is 12.8. The van der Waals surface area contributed by atoms with Gasteiger partial charge in [-0.1, -0.05) is 30.3 Å². The molecule has 3 rings (SSSR count). The second-order valence-electron chi connectivity index (χ2n) is 5.13. The summed E-state index contributed by atoms with van der Waals surface area (Å²) in [6.45, 7) is 0.448. The number of nitrogens with zero attached hydrogens (tertiary/aromatic N) is 1. The molecule has 1 aliphatic rings. The van der Waals surface area contributed by atoms with Crippen LogP contribution in [-0.2, 0) is 27.7 Å². The van der Waals surface area contributed by atoms with Crippen molar-refractivity contribution in [3.05, 3.63) is 59.7 Å². The van der Waals surface area contributed by atoms with Crippen LogP contribution in [0.5, 0.6) is 0 Å². The predicted octanol–water partition coefficient (Wildman–Crippen LogP) is 2.75. The molecular formula is C16H14ClNO3S. The lowest BCUT2D eigenvalue weighted by atomic mass is 10.2. The zero-order valence-electron chi connectivity index (χ0n) is 11.7. The molecule has 6 heteroatoms. The van der Waals surface area contributed by atoms with Crippen molar-refractivity contribution in [2.24, 2.45) is 0 Å². The fraction of sp³-hybridized carbons (Fsp3) is 0.188. The minimum atomic E-state index is -3.58. The molecule has 0 spiro atoms. The molecule has 0 saturated carbocycles. The Labute approximate surface area is 134 Å². The van der Waals surface area contributed by atoms with Crippen LogP contribution in [0.3, 0.4) is 0 Å². The summed E-state index contributed by atoms with van der Waals surface area (Å²) in [7, 11) is -3.58. The predicted molar refractivity (Wildman–Crippen MR) is 85.7 cm³/mol. The third-order valence-corrected chi connectivity index (χ3v) is 5.66. The molecular weight excluding hydrogens is 322 g/mol. The maximum Gasteiger partial charge on any atom is 0.264 e. The normalized spacial score (nSPS) is 14.0. The van der Waals surface area contributed by atoms with E-state index in [0.717, 1.165) is 11.3 Å². The molecule has 0 unspecified atom stereocenters. The van der Waals surface area contributed by atoms with Gasteiger partial charge in [-0.05, 0) is 47.3 Å². The number of anilines is 1. The van der Waals surface area contributed by atoms with Crippen LogP contribution in [0, 0.1) is 0 Å². The van der Waals surface area contributed by atoms with Gasteiger partial charge < -0.3 is 0 Å². The van der Waals surface area contributed by atoms with E-state index in [1.54, 1.807) is 12.1 Å². The Hall–Kier alpha value is -1.85. The summed E-state index contributed by atoms with van der Waals surface area (Å²) in [4.78, 5) is 11.1. The third-order valence-electron chi connectivity index (χ3n) is 3.70. The summed E-state index contributed by atoms with van der Waals surface area (Å²) < 4.78 is 27.0. The van der Waals surface area contributed by atoms with Crippen LogP contribution in [0.2, 0.25) is 0 Å². The average Bonchev–Trinajstić information content (AvgIpc) is 2.92. The molecule has 0 amide bonds. The van der Waals surface area contributed by atoms with Crippen LogP contribution >= 0.6 is 11.6 Å². The van der Waals surface area contributed by atoms with Crippen molar-refractivity contribution in [2.75, 3.05) is 10.8 Å². The summed E-state index contributed by atoms with van der Waals surface area (Å²) in [6.07, 6.45) is 0.808. The first-order valence-electron chi connectivity index (χ1n) is 6.86. The standard InChI is InChI=1S/C16H14ClNO3S/c17-16(19)11-12-5-7-14(8-6-12)22(20,21)18-10-9-13-3-1-2-4-15(13)18/h1-8H,9-11H2. The fourth-order valence-electron chi connectivity index (χ4n) is 2.62. The number of rotatable bonds is 4. The van der Waals surface area contributed by atoms with E-state index in [1.165, 1.54) is 16.4 Å². The van der Waals surface area contributed by atoms with Gasteiger partial charge in [0.05, 0.1) is 10.6 Å². The van der Waals surface area contributed by atoms with Crippen molar-refractivity contribution in [1.82, 2.24) is 0 Å². The molecule has 1 aliphatic heterocycles. The highest BCUT2D eigenvalue weighted by molar-refractivity contribution is 7.92. The first kappa shape index (κ1) is 15.1. The molecule has 2 aromatic carbocycles.